The highest BCUT2D eigenvalue weighted by molar-refractivity contribution is 7.91. The zero-order valence-corrected chi connectivity index (χ0v) is 17.6. The zero-order chi connectivity index (χ0) is 18.6. The molecule has 0 saturated heterocycles. The maximum atomic E-state index is 11.8. The van der Waals surface area contributed by atoms with Crippen LogP contribution in [-0.4, -0.2) is 19.4 Å². The minimum atomic E-state index is -2.85. The van der Waals surface area contributed by atoms with Gasteiger partial charge < -0.3 is 0 Å². The molecule has 1 aromatic rings. The van der Waals surface area contributed by atoms with E-state index in [0.717, 1.165) is 31.6 Å². The van der Waals surface area contributed by atoms with Gasteiger partial charge >= 0.3 is 0 Å². The number of unbranched alkanes of at least 4 members (excludes halogenated alkanes) is 4. The minimum Gasteiger partial charge on any atom is -0.229 e. The summed E-state index contributed by atoms with van der Waals surface area (Å²) >= 11 is 0. The summed E-state index contributed by atoms with van der Waals surface area (Å²) in [6.07, 6.45) is 7.78. The Kier molecular flexibility index (Phi) is 7.13. The van der Waals surface area contributed by atoms with Crippen molar-refractivity contribution < 1.29 is 8.42 Å². The summed E-state index contributed by atoms with van der Waals surface area (Å²) in [6.45, 7) is 10.5. The van der Waals surface area contributed by atoms with Crippen molar-refractivity contribution in [2.45, 2.75) is 90.7 Å². The van der Waals surface area contributed by atoms with Crippen molar-refractivity contribution in [1.82, 2.24) is 0 Å². The average Bonchev–Trinajstić information content (AvgIpc) is 2.81. The lowest BCUT2D eigenvalue weighted by Crippen LogP contribution is -2.17. The number of hydrogen-bond acceptors (Lipinski definition) is 2. The Labute approximate surface area is 155 Å². The van der Waals surface area contributed by atoms with Gasteiger partial charge in [0.2, 0.25) is 0 Å². The first-order valence-electron chi connectivity index (χ1n) is 10.1. The van der Waals surface area contributed by atoms with E-state index in [1.54, 1.807) is 25.0 Å². The first-order valence-corrected chi connectivity index (χ1v) is 11.8. The molecule has 0 radical (unpaired) electrons. The Hall–Kier alpha value is -0.830. The first kappa shape index (κ1) is 20.5. The second-order valence-corrected chi connectivity index (χ2v) is 11.1. The van der Waals surface area contributed by atoms with Crippen LogP contribution in [0.1, 0.15) is 88.0 Å². The van der Waals surface area contributed by atoms with Crippen LogP contribution in [0.2, 0.25) is 0 Å². The standard InChI is InChI=1S/C22H36O2S/c1-16(2)25(23,24)12-10-8-6-7-9-11-20-13-18(4)22-19(5)17(3)14-21(22)15-20/h13,15-17,19H,6-12,14H2,1-5H3. The van der Waals surface area contributed by atoms with E-state index < -0.39 is 9.84 Å². The molecule has 2 nitrogen and oxygen atoms in total. The summed E-state index contributed by atoms with van der Waals surface area (Å²) in [4.78, 5) is 0. The van der Waals surface area contributed by atoms with E-state index >= 15 is 0 Å². The van der Waals surface area contributed by atoms with E-state index in [-0.39, 0.29) is 5.25 Å². The fourth-order valence-electron chi connectivity index (χ4n) is 4.12. The van der Waals surface area contributed by atoms with Crippen LogP contribution < -0.4 is 0 Å². The monoisotopic (exact) mass is 364 g/mol. The van der Waals surface area contributed by atoms with Gasteiger partial charge in [0.1, 0.15) is 0 Å². The lowest BCUT2D eigenvalue weighted by molar-refractivity contribution is 0.531. The topological polar surface area (TPSA) is 34.1 Å². The highest BCUT2D eigenvalue weighted by Crippen LogP contribution is 2.39. The number of aryl methyl sites for hydroxylation is 2. The van der Waals surface area contributed by atoms with Crippen LogP contribution in [0.25, 0.3) is 0 Å². The Bertz CT molecular complexity index is 674. The molecule has 3 heteroatoms. The van der Waals surface area contributed by atoms with Crippen molar-refractivity contribution >= 4 is 9.84 Å². The van der Waals surface area contributed by atoms with Crippen molar-refractivity contribution in [3.63, 3.8) is 0 Å². The van der Waals surface area contributed by atoms with Crippen molar-refractivity contribution in [3.05, 3.63) is 34.4 Å². The third-order valence-corrected chi connectivity index (χ3v) is 8.29. The van der Waals surface area contributed by atoms with Gasteiger partial charge in [-0.1, -0.05) is 45.2 Å². The molecule has 0 fully saturated rings. The lowest BCUT2D eigenvalue weighted by atomic mass is 9.92. The minimum absolute atomic E-state index is 0.235. The van der Waals surface area contributed by atoms with Gasteiger partial charge in [0.05, 0.1) is 11.0 Å². The van der Waals surface area contributed by atoms with E-state index in [1.165, 1.54) is 30.4 Å². The maximum Gasteiger partial charge on any atom is 0.152 e. The SMILES string of the molecule is Cc1cc(CCCCCCCS(=O)(=O)C(C)C)cc2c1C(C)C(C)C2. The average molecular weight is 365 g/mol. The molecule has 25 heavy (non-hydrogen) atoms. The van der Waals surface area contributed by atoms with E-state index in [2.05, 4.69) is 32.9 Å². The van der Waals surface area contributed by atoms with Crippen LogP contribution in [0.4, 0.5) is 0 Å². The van der Waals surface area contributed by atoms with E-state index in [0.29, 0.717) is 11.7 Å². The number of benzene rings is 1. The first-order chi connectivity index (χ1) is 11.7. The highest BCUT2D eigenvalue weighted by Gasteiger charge is 2.27. The van der Waals surface area contributed by atoms with Gasteiger partial charge in [-0.3, -0.25) is 0 Å². The normalized spacial score (nSPS) is 20.2. The molecule has 1 aliphatic carbocycles. The number of fused-ring (bicyclic) bond motifs is 1. The predicted molar refractivity (Wildman–Crippen MR) is 108 cm³/mol. The molecular formula is C22H36O2S. The quantitative estimate of drug-likeness (QED) is 0.534. The van der Waals surface area contributed by atoms with E-state index in [9.17, 15) is 8.42 Å². The molecule has 0 bridgehead atoms. The Morgan fingerprint density at radius 2 is 1.68 bits per heavy atom. The molecule has 1 aliphatic rings. The van der Waals surface area contributed by atoms with E-state index in [1.807, 2.05) is 0 Å². The molecule has 2 unspecified atom stereocenters. The van der Waals surface area contributed by atoms with Crippen LogP contribution in [0.3, 0.4) is 0 Å². The smallest absolute Gasteiger partial charge is 0.152 e. The third kappa shape index (κ3) is 5.32. The Morgan fingerprint density at radius 3 is 2.36 bits per heavy atom. The fourth-order valence-corrected chi connectivity index (χ4v) is 5.20. The molecule has 1 aromatic carbocycles. The van der Waals surface area contributed by atoms with Gasteiger partial charge in [-0.25, -0.2) is 8.42 Å². The van der Waals surface area contributed by atoms with Crippen molar-refractivity contribution in [3.8, 4) is 0 Å². The molecule has 0 saturated carbocycles. The van der Waals surface area contributed by atoms with Crippen molar-refractivity contribution in [2.24, 2.45) is 5.92 Å². The molecular weight excluding hydrogens is 328 g/mol. The predicted octanol–water partition coefficient (Wildman–Crippen LogP) is 5.61. The maximum absolute atomic E-state index is 11.8. The van der Waals surface area contributed by atoms with Crippen LogP contribution in [-0.2, 0) is 22.7 Å². The molecule has 2 atom stereocenters. The van der Waals surface area contributed by atoms with Crippen LogP contribution in [0.15, 0.2) is 12.1 Å². The summed E-state index contributed by atoms with van der Waals surface area (Å²) < 4.78 is 23.6. The molecule has 2 rings (SSSR count). The van der Waals surface area contributed by atoms with Gasteiger partial charge in [-0.15, -0.1) is 0 Å². The molecule has 0 aromatic heterocycles. The summed E-state index contributed by atoms with van der Waals surface area (Å²) in [5, 5.41) is -0.235. The van der Waals surface area contributed by atoms with Gasteiger partial charge in [0.15, 0.2) is 9.84 Å². The lowest BCUT2D eigenvalue weighted by Gasteiger charge is -2.13. The highest BCUT2D eigenvalue weighted by atomic mass is 32.2. The van der Waals surface area contributed by atoms with Crippen LogP contribution in [0, 0.1) is 12.8 Å². The summed E-state index contributed by atoms with van der Waals surface area (Å²) in [5.41, 5.74) is 6.14. The van der Waals surface area contributed by atoms with Crippen LogP contribution in [0.5, 0.6) is 0 Å². The fraction of sp³-hybridized carbons (Fsp3) is 0.727. The molecule has 0 amide bonds. The Balaban J connectivity index is 1.71. The summed E-state index contributed by atoms with van der Waals surface area (Å²) in [7, 11) is -2.85. The molecule has 0 heterocycles. The summed E-state index contributed by atoms with van der Waals surface area (Å²) in [5.74, 6) is 1.82. The van der Waals surface area contributed by atoms with Gasteiger partial charge in [0.25, 0.3) is 0 Å². The second-order valence-electron chi connectivity index (χ2n) is 8.39. The molecule has 0 aliphatic heterocycles. The van der Waals surface area contributed by atoms with Crippen molar-refractivity contribution in [1.29, 1.82) is 0 Å². The second kappa shape index (κ2) is 8.70. The third-order valence-electron chi connectivity index (χ3n) is 6.00. The molecule has 0 N–H and O–H groups in total. The van der Waals surface area contributed by atoms with Gasteiger partial charge in [-0.2, -0.15) is 0 Å². The van der Waals surface area contributed by atoms with Gasteiger partial charge in [0, 0.05) is 0 Å². The number of rotatable bonds is 9. The number of hydrogen-bond donors (Lipinski definition) is 0. The largest absolute Gasteiger partial charge is 0.229 e. The van der Waals surface area contributed by atoms with Gasteiger partial charge in [-0.05, 0) is 80.5 Å². The molecule has 0 spiro atoms. The van der Waals surface area contributed by atoms with Crippen molar-refractivity contribution in [2.75, 3.05) is 5.75 Å². The zero-order valence-electron chi connectivity index (χ0n) is 16.8. The van der Waals surface area contributed by atoms with E-state index in [4.69, 9.17) is 0 Å². The molecule has 142 valence electrons. The Morgan fingerprint density at radius 1 is 1.04 bits per heavy atom. The summed E-state index contributed by atoms with van der Waals surface area (Å²) in [6, 6.07) is 4.83. The number of sulfone groups is 1. The van der Waals surface area contributed by atoms with Crippen LogP contribution >= 0.6 is 0 Å².